The average Bonchev–Trinajstić information content (AvgIpc) is 2.54. The average molecular weight is 296 g/mol. The highest BCUT2D eigenvalue weighted by Gasteiger charge is 2.02. The van der Waals surface area contributed by atoms with Gasteiger partial charge in [-0.3, -0.25) is 4.79 Å². The maximum atomic E-state index is 11.3. The van der Waals surface area contributed by atoms with E-state index >= 15 is 0 Å². The van der Waals surface area contributed by atoms with E-state index in [0.717, 1.165) is 11.3 Å². The fraction of sp³-hybridized carbons (Fsp3) is 0.176. The predicted molar refractivity (Wildman–Crippen MR) is 82.6 cm³/mol. The summed E-state index contributed by atoms with van der Waals surface area (Å²) in [6.07, 6.45) is 1.63. The van der Waals surface area contributed by atoms with Gasteiger partial charge in [0, 0.05) is 18.8 Å². The molecule has 0 aliphatic heterocycles. The van der Waals surface area contributed by atoms with Crippen molar-refractivity contribution in [1.29, 1.82) is 0 Å². The minimum atomic E-state index is -0.308. The normalized spacial score (nSPS) is 9.36. The summed E-state index contributed by atoms with van der Waals surface area (Å²) in [5, 5.41) is 2.69. The molecular weight excluding hydrogens is 280 g/mol. The summed E-state index contributed by atoms with van der Waals surface area (Å²) in [6.45, 7) is 1.99. The van der Waals surface area contributed by atoms with Gasteiger partial charge in [0.05, 0.1) is 7.11 Å². The molecule has 5 nitrogen and oxygen atoms in total. The highest BCUT2D eigenvalue weighted by atomic mass is 16.5. The molecule has 1 aromatic heterocycles. The molecule has 0 radical (unpaired) electrons. The van der Waals surface area contributed by atoms with Gasteiger partial charge < -0.3 is 14.8 Å². The molecule has 0 aliphatic rings. The summed E-state index contributed by atoms with van der Waals surface area (Å²) < 4.78 is 10.8. The molecule has 2 aromatic rings. The standard InChI is InChI=1S/C17H16N2O3/c1-3-4-16(20)19-12-13-9-10-18-17(11-13)22-15-7-5-14(21-2)6-8-15/h5-11H,12H2,1-2H3,(H,19,20). The molecule has 5 heteroatoms. The number of benzene rings is 1. The number of nitrogens with zero attached hydrogens (tertiary/aromatic N) is 1. The zero-order valence-corrected chi connectivity index (χ0v) is 12.4. The van der Waals surface area contributed by atoms with Crippen molar-refractivity contribution in [3.63, 3.8) is 0 Å². The van der Waals surface area contributed by atoms with Crippen molar-refractivity contribution in [3.8, 4) is 29.2 Å². The monoisotopic (exact) mass is 296 g/mol. The quantitative estimate of drug-likeness (QED) is 0.861. The van der Waals surface area contributed by atoms with Gasteiger partial charge >= 0.3 is 0 Å². The van der Waals surface area contributed by atoms with Gasteiger partial charge in [0.1, 0.15) is 11.5 Å². The van der Waals surface area contributed by atoms with Gasteiger partial charge in [0.2, 0.25) is 5.88 Å². The maximum Gasteiger partial charge on any atom is 0.296 e. The molecule has 0 saturated carbocycles. The number of carbonyl (C=O) groups is 1. The lowest BCUT2D eigenvalue weighted by Crippen LogP contribution is -2.20. The van der Waals surface area contributed by atoms with Gasteiger partial charge in [0.15, 0.2) is 0 Å². The molecule has 1 aromatic carbocycles. The Morgan fingerprint density at radius 2 is 1.95 bits per heavy atom. The van der Waals surface area contributed by atoms with Gasteiger partial charge in [-0.25, -0.2) is 4.98 Å². The second-order valence-corrected chi connectivity index (χ2v) is 4.34. The molecule has 0 atom stereocenters. The van der Waals surface area contributed by atoms with E-state index < -0.39 is 0 Å². The largest absolute Gasteiger partial charge is 0.497 e. The first-order valence-corrected chi connectivity index (χ1v) is 6.68. The van der Waals surface area contributed by atoms with Crippen molar-refractivity contribution in [3.05, 3.63) is 48.2 Å². The Morgan fingerprint density at radius 3 is 2.64 bits per heavy atom. The minimum Gasteiger partial charge on any atom is -0.497 e. The van der Waals surface area contributed by atoms with E-state index in [-0.39, 0.29) is 5.91 Å². The number of pyridine rings is 1. The summed E-state index contributed by atoms with van der Waals surface area (Å²) in [7, 11) is 1.61. The van der Waals surface area contributed by atoms with Crippen LogP contribution in [0.1, 0.15) is 12.5 Å². The molecule has 0 unspecified atom stereocenters. The van der Waals surface area contributed by atoms with E-state index in [1.807, 2.05) is 12.1 Å². The zero-order valence-electron chi connectivity index (χ0n) is 12.4. The molecule has 1 heterocycles. The van der Waals surface area contributed by atoms with Crippen LogP contribution < -0.4 is 14.8 Å². The van der Waals surface area contributed by atoms with Crippen LogP contribution >= 0.6 is 0 Å². The number of rotatable bonds is 5. The maximum absolute atomic E-state index is 11.3. The zero-order chi connectivity index (χ0) is 15.8. The van der Waals surface area contributed by atoms with E-state index in [0.29, 0.717) is 18.2 Å². The van der Waals surface area contributed by atoms with Crippen LogP contribution in [0.2, 0.25) is 0 Å². The Hall–Kier alpha value is -3.00. The van der Waals surface area contributed by atoms with Gasteiger partial charge in [-0.1, -0.05) is 5.92 Å². The van der Waals surface area contributed by atoms with Gasteiger partial charge in [0.25, 0.3) is 5.91 Å². The molecular formula is C17H16N2O3. The van der Waals surface area contributed by atoms with Crippen LogP contribution in [0.3, 0.4) is 0 Å². The third-order valence-electron chi connectivity index (χ3n) is 2.77. The van der Waals surface area contributed by atoms with Gasteiger partial charge in [-0.2, -0.15) is 0 Å². The second-order valence-electron chi connectivity index (χ2n) is 4.34. The first kappa shape index (κ1) is 15.4. The van der Waals surface area contributed by atoms with E-state index in [4.69, 9.17) is 9.47 Å². The Kier molecular flexibility index (Phi) is 5.38. The first-order valence-electron chi connectivity index (χ1n) is 6.68. The lowest BCUT2D eigenvalue weighted by atomic mass is 10.2. The predicted octanol–water partition coefficient (Wildman–Crippen LogP) is 2.52. The molecule has 112 valence electrons. The Labute approximate surface area is 129 Å². The van der Waals surface area contributed by atoms with Crippen molar-refractivity contribution >= 4 is 5.91 Å². The molecule has 2 rings (SSSR count). The molecule has 1 amide bonds. The fourth-order valence-corrected chi connectivity index (χ4v) is 1.72. The van der Waals surface area contributed by atoms with E-state index in [2.05, 4.69) is 22.1 Å². The number of hydrogen-bond donors (Lipinski definition) is 1. The number of ether oxygens (including phenoxy) is 2. The number of aromatic nitrogens is 1. The molecule has 0 saturated heterocycles. The number of amides is 1. The molecule has 0 spiro atoms. The number of carbonyl (C=O) groups excluding carboxylic acids is 1. The Morgan fingerprint density at radius 1 is 1.23 bits per heavy atom. The summed E-state index contributed by atoms with van der Waals surface area (Å²) in [6, 6.07) is 10.8. The van der Waals surface area contributed by atoms with Crippen molar-refractivity contribution < 1.29 is 14.3 Å². The van der Waals surface area contributed by atoms with Crippen LogP contribution in [0.15, 0.2) is 42.6 Å². The van der Waals surface area contributed by atoms with E-state index in [9.17, 15) is 4.79 Å². The smallest absolute Gasteiger partial charge is 0.296 e. The second kappa shape index (κ2) is 7.70. The van der Waals surface area contributed by atoms with Crippen LogP contribution in [-0.2, 0) is 11.3 Å². The third-order valence-corrected chi connectivity index (χ3v) is 2.77. The fourth-order valence-electron chi connectivity index (χ4n) is 1.72. The van der Waals surface area contributed by atoms with Gasteiger partial charge in [-0.05, 0) is 48.7 Å². The number of hydrogen-bond acceptors (Lipinski definition) is 4. The highest BCUT2D eigenvalue weighted by molar-refractivity contribution is 5.93. The lowest BCUT2D eigenvalue weighted by Gasteiger charge is -2.07. The van der Waals surface area contributed by atoms with Crippen LogP contribution in [0.4, 0.5) is 0 Å². The SMILES string of the molecule is CC#CC(=O)NCc1ccnc(Oc2ccc(OC)cc2)c1. The van der Waals surface area contributed by atoms with Crippen LogP contribution in [0.25, 0.3) is 0 Å². The third kappa shape index (κ3) is 4.53. The van der Waals surface area contributed by atoms with Crippen molar-refractivity contribution in [2.24, 2.45) is 0 Å². The summed E-state index contributed by atoms with van der Waals surface area (Å²) in [5.41, 5.74) is 0.879. The summed E-state index contributed by atoms with van der Waals surface area (Å²) in [4.78, 5) is 15.5. The van der Waals surface area contributed by atoms with Crippen LogP contribution in [0.5, 0.6) is 17.4 Å². The molecule has 0 aliphatic carbocycles. The lowest BCUT2D eigenvalue weighted by molar-refractivity contribution is -0.115. The first-order chi connectivity index (χ1) is 10.7. The molecule has 1 N–H and O–H groups in total. The number of nitrogens with one attached hydrogen (secondary N) is 1. The van der Waals surface area contributed by atoms with Crippen molar-refractivity contribution in [2.75, 3.05) is 7.11 Å². The van der Waals surface area contributed by atoms with E-state index in [1.165, 1.54) is 0 Å². The topological polar surface area (TPSA) is 60.5 Å². The van der Waals surface area contributed by atoms with Crippen molar-refractivity contribution in [2.45, 2.75) is 13.5 Å². The van der Waals surface area contributed by atoms with Crippen LogP contribution in [-0.4, -0.2) is 18.0 Å². The molecule has 22 heavy (non-hydrogen) atoms. The molecule has 0 bridgehead atoms. The highest BCUT2D eigenvalue weighted by Crippen LogP contribution is 2.22. The Balaban J connectivity index is 2.00. The minimum absolute atomic E-state index is 0.308. The molecule has 0 fully saturated rings. The summed E-state index contributed by atoms with van der Waals surface area (Å²) in [5.74, 6) is 6.54. The van der Waals surface area contributed by atoms with E-state index in [1.54, 1.807) is 44.5 Å². The van der Waals surface area contributed by atoms with Crippen LogP contribution in [0, 0.1) is 11.8 Å². The summed E-state index contributed by atoms with van der Waals surface area (Å²) >= 11 is 0. The Bertz CT molecular complexity index is 700. The van der Waals surface area contributed by atoms with Crippen molar-refractivity contribution in [1.82, 2.24) is 10.3 Å². The number of methoxy groups -OCH3 is 1. The van der Waals surface area contributed by atoms with Gasteiger partial charge in [-0.15, -0.1) is 0 Å².